The second-order valence-electron chi connectivity index (χ2n) is 3.14. The molecule has 1 rings (SSSR count). The minimum absolute atomic E-state index is 0.856. The SMILES string of the molecule is Cc1cnc(NCCN(C)C)[nH]1. The average molecular weight is 168 g/mol. The number of aromatic nitrogens is 2. The maximum absolute atomic E-state index is 4.13. The molecular formula is C8H16N4. The van der Waals surface area contributed by atoms with E-state index in [1.54, 1.807) is 0 Å². The van der Waals surface area contributed by atoms with Crippen molar-refractivity contribution in [1.29, 1.82) is 0 Å². The molecule has 0 aliphatic heterocycles. The number of hydrogen-bond donors (Lipinski definition) is 2. The fraction of sp³-hybridized carbons (Fsp3) is 0.625. The first kappa shape index (κ1) is 9.06. The summed E-state index contributed by atoms with van der Waals surface area (Å²) < 4.78 is 0. The Labute approximate surface area is 73.0 Å². The molecule has 0 bridgehead atoms. The molecule has 0 atom stereocenters. The van der Waals surface area contributed by atoms with E-state index in [9.17, 15) is 0 Å². The van der Waals surface area contributed by atoms with Gasteiger partial charge in [-0.1, -0.05) is 0 Å². The molecule has 0 spiro atoms. The Hall–Kier alpha value is -1.03. The van der Waals surface area contributed by atoms with Gasteiger partial charge in [0.05, 0.1) is 0 Å². The van der Waals surface area contributed by atoms with Gasteiger partial charge in [-0.25, -0.2) is 4.98 Å². The standard InChI is InChI=1S/C8H16N4/c1-7-6-10-8(11-7)9-4-5-12(2)3/h6H,4-5H2,1-3H3,(H2,9,10,11). The van der Waals surface area contributed by atoms with E-state index < -0.39 is 0 Å². The largest absolute Gasteiger partial charge is 0.355 e. The lowest BCUT2D eigenvalue weighted by Gasteiger charge is -2.09. The van der Waals surface area contributed by atoms with Crippen LogP contribution in [0.15, 0.2) is 6.20 Å². The van der Waals surface area contributed by atoms with Crippen molar-refractivity contribution in [2.75, 3.05) is 32.5 Å². The van der Waals surface area contributed by atoms with Crippen molar-refractivity contribution in [2.45, 2.75) is 6.92 Å². The summed E-state index contributed by atoms with van der Waals surface area (Å²) in [6.45, 7) is 3.92. The molecule has 2 N–H and O–H groups in total. The first-order valence-electron chi connectivity index (χ1n) is 4.08. The molecule has 0 aromatic carbocycles. The number of H-pyrrole nitrogens is 1. The normalized spacial score (nSPS) is 10.7. The molecule has 0 aliphatic carbocycles. The lowest BCUT2D eigenvalue weighted by molar-refractivity contribution is 0.425. The molecule has 12 heavy (non-hydrogen) atoms. The minimum atomic E-state index is 0.856. The molecular weight excluding hydrogens is 152 g/mol. The molecule has 1 aromatic rings. The third-order valence-electron chi connectivity index (χ3n) is 1.55. The van der Waals surface area contributed by atoms with Gasteiger partial charge in [0.25, 0.3) is 0 Å². The Morgan fingerprint density at radius 1 is 1.58 bits per heavy atom. The Morgan fingerprint density at radius 2 is 2.33 bits per heavy atom. The number of hydrogen-bond acceptors (Lipinski definition) is 3. The van der Waals surface area contributed by atoms with E-state index in [1.807, 2.05) is 13.1 Å². The summed E-state index contributed by atoms with van der Waals surface area (Å²) in [6, 6.07) is 0. The van der Waals surface area contributed by atoms with Crippen LogP contribution in [0.2, 0.25) is 0 Å². The minimum Gasteiger partial charge on any atom is -0.355 e. The van der Waals surface area contributed by atoms with E-state index in [0.29, 0.717) is 0 Å². The molecule has 4 nitrogen and oxygen atoms in total. The van der Waals surface area contributed by atoms with Crippen molar-refractivity contribution in [2.24, 2.45) is 0 Å². The van der Waals surface area contributed by atoms with Gasteiger partial charge >= 0.3 is 0 Å². The number of likely N-dealkylation sites (N-methyl/N-ethyl adjacent to an activating group) is 1. The van der Waals surface area contributed by atoms with Gasteiger partial charge in [-0.3, -0.25) is 0 Å². The van der Waals surface area contributed by atoms with Gasteiger partial charge < -0.3 is 15.2 Å². The fourth-order valence-electron chi connectivity index (χ4n) is 0.900. The van der Waals surface area contributed by atoms with Crippen molar-refractivity contribution in [3.05, 3.63) is 11.9 Å². The van der Waals surface area contributed by atoms with Crippen molar-refractivity contribution in [3.63, 3.8) is 0 Å². The summed E-state index contributed by atoms with van der Waals surface area (Å²) in [5.74, 6) is 0.856. The Morgan fingerprint density at radius 3 is 2.83 bits per heavy atom. The van der Waals surface area contributed by atoms with Crippen LogP contribution in [0.1, 0.15) is 5.69 Å². The van der Waals surface area contributed by atoms with Crippen LogP contribution in [-0.4, -0.2) is 42.1 Å². The molecule has 1 aromatic heterocycles. The third-order valence-corrected chi connectivity index (χ3v) is 1.55. The molecule has 68 valence electrons. The first-order valence-corrected chi connectivity index (χ1v) is 4.08. The molecule has 0 saturated heterocycles. The van der Waals surface area contributed by atoms with E-state index in [-0.39, 0.29) is 0 Å². The third kappa shape index (κ3) is 2.92. The fourth-order valence-corrected chi connectivity index (χ4v) is 0.900. The van der Waals surface area contributed by atoms with Crippen molar-refractivity contribution in [3.8, 4) is 0 Å². The highest BCUT2D eigenvalue weighted by Crippen LogP contribution is 1.98. The van der Waals surface area contributed by atoms with Gasteiger partial charge in [0.2, 0.25) is 0 Å². The monoisotopic (exact) mass is 168 g/mol. The molecule has 1 heterocycles. The summed E-state index contributed by atoms with van der Waals surface area (Å²) in [7, 11) is 4.10. The molecule has 0 aliphatic rings. The van der Waals surface area contributed by atoms with Gasteiger partial charge in [0.15, 0.2) is 5.95 Å². The number of imidazole rings is 1. The predicted octanol–water partition coefficient (Wildman–Crippen LogP) is 0.692. The molecule has 4 heteroatoms. The number of nitrogens with one attached hydrogen (secondary N) is 2. The zero-order valence-electron chi connectivity index (χ0n) is 7.89. The molecule has 0 radical (unpaired) electrons. The molecule has 0 amide bonds. The van der Waals surface area contributed by atoms with E-state index >= 15 is 0 Å². The number of rotatable bonds is 4. The summed E-state index contributed by atoms with van der Waals surface area (Å²) in [5, 5.41) is 3.19. The average Bonchev–Trinajstić information content (AvgIpc) is 2.35. The summed E-state index contributed by atoms with van der Waals surface area (Å²) in [5.41, 5.74) is 1.09. The summed E-state index contributed by atoms with van der Waals surface area (Å²) >= 11 is 0. The number of anilines is 1. The second-order valence-corrected chi connectivity index (χ2v) is 3.14. The van der Waals surface area contributed by atoms with Crippen LogP contribution in [0.4, 0.5) is 5.95 Å². The topological polar surface area (TPSA) is 44.0 Å². The summed E-state index contributed by atoms with van der Waals surface area (Å²) in [6.07, 6.45) is 1.82. The maximum Gasteiger partial charge on any atom is 0.200 e. The Balaban J connectivity index is 2.24. The number of nitrogens with zero attached hydrogens (tertiary/aromatic N) is 2. The van der Waals surface area contributed by atoms with Crippen LogP contribution in [0.5, 0.6) is 0 Å². The lowest BCUT2D eigenvalue weighted by atomic mass is 10.6. The molecule has 0 saturated carbocycles. The highest BCUT2D eigenvalue weighted by molar-refractivity contribution is 5.25. The van der Waals surface area contributed by atoms with E-state index in [0.717, 1.165) is 24.7 Å². The maximum atomic E-state index is 4.13. The second kappa shape index (κ2) is 4.11. The zero-order valence-corrected chi connectivity index (χ0v) is 7.89. The Bertz CT molecular complexity index is 229. The highest BCUT2D eigenvalue weighted by atomic mass is 15.1. The van der Waals surface area contributed by atoms with Crippen LogP contribution in [0.25, 0.3) is 0 Å². The van der Waals surface area contributed by atoms with Gasteiger partial charge in [-0.15, -0.1) is 0 Å². The van der Waals surface area contributed by atoms with Crippen LogP contribution < -0.4 is 5.32 Å². The highest BCUT2D eigenvalue weighted by Gasteiger charge is 1.95. The van der Waals surface area contributed by atoms with Gasteiger partial charge in [0.1, 0.15) is 0 Å². The van der Waals surface area contributed by atoms with Crippen LogP contribution >= 0.6 is 0 Å². The smallest absolute Gasteiger partial charge is 0.200 e. The van der Waals surface area contributed by atoms with Gasteiger partial charge in [0, 0.05) is 25.0 Å². The molecule has 0 unspecified atom stereocenters. The Kier molecular flexibility index (Phi) is 3.10. The van der Waals surface area contributed by atoms with Crippen LogP contribution in [0.3, 0.4) is 0 Å². The zero-order chi connectivity index (χ0) is 8.97. The van der Waals surface area contributed by atoms with E-state index in [1.165, 1.54) is 0 Å². The predicted molar refractivity (Wildman–Crippen MR) is 50.4 cm³/mol. The quantitative estimate of drug-likeness (QED) is 0.695. The van der Waals surface area contributed by atoms with Crippen LogP contribution in [0, 0.1) is 6.92 Å². The summed E-state index contributed by atoms with van der Waals surface area (Å²) in [4.78, 5) is 9.36. The van der Waals surface area contributed by atoms with Gasteiger partial charge in [-0.05, 0) is 21.0 Å². The number of aromatic amines is 1. The van der Waals surface area contributed by atoms with Crippen molar-refractivity contribution in [1.82, 2.24) is 14.9 Å². The van der Waals surface area contributed by atoms with Crippen molar-refractivity contribution >= 4 is 5.95 Å². The number of aryl methyl sites for hydroxylation is 1. The van der Waals surface area contributed by atoms with E-state index in [2.05, 4.69) is 34.3 Å². The lowest BCUT2D eigenvalue weighted by Crippen LogP contribution is -2.21. The first-order chi connectivity index (χ1) is 5.68. The van der Waals surface area contributed by atoms with E-state index in [4.69, 9.17) is 0 Å². The van der Waals surface area contributed by atoms with Gasteiger partial charge in [-0.2, -0.15) is 0 Å². The van der Waals surface area contributed by atoms with Crippen LogP contribution in [-0.2, 0) is 0 Å². The van der Waals surface area contributed by atoms with Crippen molar-refractivity contribution < 1.29 is 0 Å². The molecule has 0 fully saturated rings.